The number of rotatable bonds is 6. The minimum atomic E-state index is -0.816. The largest absolute Gasteiger partial charge is 0.481 e. The number of carbonyl (C=O) groups is 1. The van der Waals surface area contributed by atoms with Crippen molar-refractivity contribution >= 4 is 29.5 Å². The summed E-state index contributed by atoms with van der Waals surface area (Å²) in [7, 11) is 0. The zero-order chi connectivity index (χ0) is 13.0. The van der Waals surface area contributed by atoms with Crippen LogP contribution in [-0.2, 0) is 17.8 Å². The molecule has 0 bridgehead atoms. The lowest BCUT2D eigenvalue weighted by Crippen LogP contribution is -2.14. The van der Waals surface area contributed by atoms with E-state index >= 15 is 0 Å². The highest BCUT2D eigenvalue weighted by atomic mass is 32.2. The summed E-state index contributed by atoms with van der Waals surface area (Å²) in [6, 6.07) is 0. The van der Waals surface area contributed by atoms with Gasteiger partial charge in [-0.25, -0.2) is 0 Å². The molecule has 5 nitrogen and oxygen atoms in total. The van der Waals surface area contributed by atoms with Crippen LogP contribution in [0.2, 0.25) is 0 Å². The molecule has 1 aliphatic heterocycles. The van der Waals surface area contributed by atoms with E-state index in [0.717, 1.165) is 23.9 Å². The van der Waals surface area contributed by atoms with Gasteiger partial charge in [0.2, 0.25) is 0 Å². The Morgan fingerprint density at radius 2 is 2.44 bits per heavy atom. The van der Waals surface area contributed by atoms with Gasteiger partial charge in [0.1, 0.15) is 5.82 Å². The van der Waals surface area contributed by atoms with E-state index in [1.807, 2.05) is 11.8 Å². The highest BCUT2D eigenvalue weighted by Gasteiger charge is 2.20. The van der Waals surface area contributed by atoms with Gasteiger partial charge in [-0.2, -0.15) is 11.8 Å². The van der Waals surface area contributed by atoms with E-state index in [1.165, 1.54) is 29.7 Å². The van der Waals surface area contributed by atoms with Gasteiger partial charge in [0.05, 0.1) is 5.75 Å². The first-order valence-corrected chi connectivity index (χ1v) is 8.19. The van der Waals surface area contributed by atoms with Gasteiger partial charge in [0.25, 0.3) is 0 Å². The second-order valence-corrected chi connectivity index (χ2v) is 6.37. The number of hydrogen-bond acceptors (Lipinski definition) is 5. The number of nitrogens with zero attached hydrogens (tertiary/aromatic N) is 3. The van der Waals surface area contributed by atoms with Gasteiger partial charge in [-0.3, -0.25) is 4.79 Å². The molecule has 0 saturated carbocycles. The van der Waals surface area contributed by atoms with Gasteiger partial charge >= 0.3 is 5.97 Å². The van der Waals surface area contributed by atoms with Crippen LogP contribution in [0.25, 0.3) is 0 Å². The number of thioether (sulfide) groups is 2. The van der Waals surface area contributed by atoms with Gasteiger partial charge in [-0.05, 0) is 23.8 Å². The zero-order valence-electron chi connectivity index (χ0n) is 10.3. The van der Waals surface area contributed by atoms with Gasteiger partial charge in [-0.1, -0.05) is 18.7 Å². The topological polar surface area (TPSA) is 68.0 Å². The summed E-state index contributed by atoms with van der Waals surface area (Å²) >= 11 is 3.24. The van der Waals surface area contributed by atoms with Crippen molar-refractivity contribution in [1.82, 2.24) is 14.8 Å². The number of aryl methyl sites for hydroxylation is 1. The first-order chi connectivity index (χ1) is 8.70. The average molecular weight is 287 g/mol. The molecule has 0 amide bonds. The monoisotopic (exact) mass is 287 g/mol. The van der Waals surface area contributed by atoms with Crippen molar-refractivity contribution in [2.24, 2.45) is 5.92 Å². The van der Waals surface area contributed by atoms with Crippen LogP contribution in [0.15, 0.2) is 5.16 Å². The van der Waals surface area contributed by atoms with Crippen molar-refractivity contribution in [3.63, 3.8) is 0 Å². The molecule has 2 rings (SSSR count). The van der Waals surface area contributed by atoms with Crippen LogP contribution in [0.5, 0.6) is 0 Å². The van der Waals surface area contributed by atoms with E-state index in [2.05, 4.69) is 21.7 Å². The Labute approximate surface area is 115 Å². The molecule has 7 heteroatoms. The normalized spacial score (nSPS) is 19.3. The molecule has 1 fully saturated rings. The summed E-state index contributed by atoms with van der Waals surface area (Å²) in [5.41, 5.74) is 0. The highest BCUT2D eigenvalue weighted by Crippen LogP contribution is 2.27. The van der Waals surface area contributed by atoms with Gasteiger partial charge in [-0.15, -0.1) is 10.2 Å². The van der Waals surface area contributed by atoms with Crippen molar-refractivity contribution in [1.29, 1.82) is 0 Å². The lowest BCUT2D eigenvalue weighted by molar-refractivity contribution is -0.133. The van der Waals surface area contributed by atoms with Gasteiger partial charge in [0.15, 0.2) is 5.16 Å². The highest BCUT2D eigenvalue weighted by molar-refractivity contribution is 7.99. The van der Waals surface area contributed by atoms with Crippen LogP contribution in [-0.4, -0.2) is 43.1 Å². The first kappa shape index (κ1) is 13.7. The molecule has 0 radical (unpaired) electrons. The molecule has 100 valence electrons. The summed E-state index contributed by atoms with van der Waals surface area (Å²) < 4.78 is 2.10. The molecule has 1 N–H and O–H groups in total. The molecule has 1 aromatic rings. The molecule has 1 saturated heterocycles. The van der Waals surface area contributed by atoms with Crippen molar-refractivity contribution in [3.05, 3.63) is 5.82 Å². The number of carboxylic acid groups (broad SMARTS) is 1. The Hall–Kier alpha value is -0.690. The predicted octanol–water partition coefficient (Wildman–Crippen LogP) is 1.77. The maximum atomic E-state index is 10.6. The maximum absolute atomic E-state index is 10.6. The Morgan fingerprint density at radius 1 is 1.61 bits per heavy atom. The third kappa shape index (κ3) is 3.41. The SMILES string of the molecule is CCc1nnc(SCC(=O)O)n1CC1CCSC1. The number of hydrogen-bond donors (Lipinski definition) is 1. The molecule has 18 heavy (non-hydrogen) atoms. The summed E-state index contributed by atoms with van der Waals surface area (Å²) in [5, 5.41) is 17.7. The molecule has 1 atom stereocenters. The van der Waals surface area contributed by atoms with Crippen LogP contribution in [0.1, 0.15) is 19.2 Å². The third-order valence-corrected chi connectivity index (χ3v) is 5.08. The number of aliphatic carboxylic acids is 1. The van der Waals surface area contributed by atoms with Gasteiger partial charge < -0.3 is 9.67 Å². The molecule has 0 spiro atoms. The fraction of sp³-hybridized carbons (Fsp3) is 0.727. The van der Waals surface area contributed by atoms with Crippen LogP contribution < -0.4 is 0 Å². The number of aromatic nitrogens is 3. The van der Waals surface area contributed by atoms with Crippen molar-refractivity contribution in [3.8, 4) is 0 Å². The summed E-state index contributed by atoms with van der Waals surface area (Å²) in [6.07, 6.45) is 2.07. The molecule has 1 aromatic heterocycles. The summed E-state index contributed by atoms with van der Waals surface area (Å²) in [4.78, 5) is 10.6. The Morgan fingerprint density at radius 3 is 3.06 bits per heavy atom. The average Bonchev–Trinajstić information content (AvgIpc) is 2.97. The van der Waals surface area contributed by atoms with Crippen LogP contribution in [0.4, 0.5) is 0 Å². The van der Waals surface area contributed by atoms with Crippen molar-refractivity contribution in [2.75, 3.05) is 17.3 Å². The Bertz CT molecular complexity index is 416. The molecule has 1 aliphatic rings. The van der Waals surface area contributed by atoms with Gasteiger partial charge in [0, 0.05) is 13.0 Å². The first-order valence-electron chi connectivity index (χ1n) is 6.05. The van der Waals surface area contributed by atoms with Crippen LogP contribution in [0, 0.1) is 5.92 Å². The molecular formula is C11H17N3O2S2. The summed E-state index contributed by atoms with van der Waals surface area (Å²) in [6.45, 7) is 2.97. The van der Waals surface area contributed by atoms with E-state index in [4.69, 9.17) is 5.11 Å². The zero-order valence-corrected chi connectivity index (χ0v) is 12.0. The van der Waals surface area contributed by atoms with E-state index in [0.29, 0.717) is 5.92 Å². The second kappa shape index (κ2) is 6.47. The Balaban J connectivity index is 2.08. The third-order valence-electron chi connectivity index (χ3n) is 2.90. The molecule has 1 unspecified atom stereocenters. The molecular weight excluding hydrogens is 270 g/mol. The minimum absolute atomic E-state index is 0.0429. The van der Waals surface area contributed by atoms with E-state index in [1.54, 1.807) is 0 Å². The van der Waals surface area contributed by atoms with Crippen LogP contribution in [0.3, 0.4) is 0 Å². The Kier molecular flexibility index (Phi) is 4.94. The smallest absolute Gasteiger partial charge is 0.313 e. The van der Waals surface area contributed by atoms with Crippen molar-refractivity contribution in [2.45, 2.75) is 31.5 Å². The molecule has 2 heterocycles. The minimum Gasteiger partial charge on any atom is -0.481 e. The predicted molar refractivity (Wildman–Crippen MR) is 73.2 cm³/mol. The van der Waals surface area contributed by atoms with E-state index < -0.39 is 5.97 Å². The quantitative estimate of drug-likeness (QED) is 0.804. The van der Waals surface area contributed by atoms with Crippen molar-refractivity contribution < 1.29 is 9.90 Å². The van der Waals surface area contributed by atoms with Crippen LogP contribution >= 0.6 is 23.5 Å². The summed E-state index contributed by atoms with van der Waals surface area (Å²) in [5.74, 6) is 3.27. The standard InChI is InChI=1S/C11H17N3O2S2/c1-2-9-12-13-11(18-7-10(15)16)14(9)5-8-3-4-17-6-8/h8H,2-7H2,1H3,(H,15,16). The maximum Gasteiger partial charge on any atom is 0.313 e. The molecule has 0 aromatic carbocycles. The fourth-order valence-electron chi connectivity index (χ4n) is 1.98. The molecule has 0 aliphatic carbocycles. The second-order valence-electron chi connectivity index (χ2n) is 4.27. The fourth-order valence-corrected chi connectivity index (χ4v) is 3.94. The lowest BCUT2D eigenvalue weighted by atomic mass is 10.1. The van der Waals surface area contributed by atoms with E-state index in [9.17, 15) is 4.79 Å². The van der Waals surface area contributed by atoms with E-state index in [-0.39, 0.29) is 5.75 Å². The number of carboxylic acids is 1. The lowest BCUT2D eigenvalue weighted by Gasteiger charge is -2.13.